The second kappa shape index (κ2) is 8.90. The van der Waals surface area contributed by atoms with Crippen LogP contribution >= 0.6 is 0 Å². The third-order valence-corrected chi connectivity index (χ3v) is 4.71. The zero-order valence-electron chi connectivity index (χ0n) is 17.7. The quantitative estimate of drug-likeness (QED) is 0.321. The van der Waals surface area contributed by atoms with E-state index in [9.17, 15) is 9.59 Å². The van der Waals surface area contributed by atoms with Crippen LogP contribution in [0.4, 0.5) is 0 Å². The SMILES string of the molecule is Cc1c(C(=O)NNC(=O)COc2ccccc2)oc2c1/C(=N\N=C(N)N)CC(C)(C)C2. The third kappa shape index (κ3) is 5.41. The molecule has 0 unspecified atom stereocenters. The minimum atomic E-state index is -0.584. The van der Waals surface area contributed by atoms with Crippen molar-refractivity contribution in [2.24, 2.45) is 27.1 Å². The Morgan fingerprint density at radius 3 is 2.55 bits per heavy atom. The summed E-state index contributed by atoms with van der Waals surface area (Å²) < 4.78 is 11.2. The molecule has 3 rings (SSSR count). The lowest BCUT2D eigenvalue weighted by molar-refractivity contribution is -0.123. The molecule has 0 radical (unpaired) electrons. The number of nitrogens with zero attached hydrogens (tertiary/aromatic N) is 2. The summed E-state index contributed by atoms with van der Waals surface area (Å²) in [7, 11) is 0. The fourth-order valence-corrected chi connectivity index (χ4v) is 3.42. The number of ether oxygens (including phenoxy) is 1. The van der Waals surface area contributed by atoms with Crippen LogP contribution in [0.1, 0.15) is 47.7 Å². The van der Waals surface area contributed by atoms with Gasteiger partial charge in [-0.2, -0.15) is 5.10 Å². The maximum atomic E-state index is 12.6. The number of carbonyl (C=O) groups is 2. The number of furan rings is 1. The van der Waals surface area contributed by atoms with Gasteiger partial charge >= 0.3 is 5.91 Å². The van der Waals surface area contributed by atoms with E-state index in [-0.39, 0.29) is 23.7 Å². The van der Waals surface area contributed by atoms with Gasteiger partial charge in [-0.25, -0.2) is 0 Å². The fourth-order valence-electron chi connectivity index (χ4n) is 3.42. The first-order chi connectivity index (χ1) is 14.7. The van der Waals surface area contributed by atoms with Gasteiger partial charge in [0.15, 0.2) is 12.4 Å². The maximum absolute atomic E-state index is 12.6. The average Bonchev–Trinajstić information content (AvgIpc) is 3.04. The van der Waals surface area contributed by atoms with Crippen molar-refractivity contribution in [1.29, 1.82) is 0 Å². The zero-order chi connectivity index (χ0) is 22.6. The van der Waals surface area contributed by atoms with E-state index in [0.29, 0.717) is 41.2 Å². The Kier molecular flexibility index (Phi) is 6.28. The zero-order valence-corrected chi connectivity index (χ0v) is 17.7. The summed E-state index contributed by atoms with van der Waals surface area (Å²) in [6.45, 7) is 5.62. The molecule has 10 nitrogen and oxygen atoms in total. The maximum Gasteiger partial charge on any atom is 0.305 e. The fraction of sp³-hybridized carbons (Fsp3) is 0.333. The number of nitrogens with two attached hydrogens (primary N) is 2. The molecule has 1 aliphatic rings. The van der Waals surface area contributed by atoms with Gasteiger partial charge in [0.1, 0.15) is 11.5 Å². The molecule has 1 aromatic heterocycles. The Hall–Kier alpha value is -3.82. The standard InChI is InChI=1S/C21H26N6O4/c1-12-17-14(24-27-20(22)23)9-21(2,3)10-15(17)31-18(12)19(29)26-25-16(28)11-30-13-7-5-4-6-8-13/h4-8H,9-11H2,1-3H3,(H,25,28)(H,26,29)(H4,22,23,27)/b24-14-. The minimum Gasteiger partial charge on any atom is -0.484 e. The Labute approximate surface area is 179 Å². The lowest BCUT2D eigenvalue weighted by Gasteiger charge is -2.29. The van der Waals surface area contributed by atoms with Crippen molar-refractivity contribution < 1.29 is 18.7 Å². The summed E-state index contributed by atoms with van der Waals surface area (Å²) in [6, 6.07) is 8.88. The molecular weight excluding hydrogens is 400 g/mol. The monoisotopic (exact) mass is 426 g/mol. The molecule has 0 saturated carbocycles. The van der Waals surface area contributed by atoms with E-state index in [2.05, 4.69) is 34.9 Å². The molecule has 164 valence electrons. The lowest BCUT2D eigenvalue weighted by atomic mass is 9.75. The number of hydrogen-bond donors (Lipinski definition) is 4. The predicted octanol–water partition coefficient (Wildman–Crippen LogP) is 1.38. The molecule has 0 saturated heterocycles. The Bertz CT molecular complexity index is 1040. The number of carbonyl (C=O) groups excluding carboxylic acids is 2. The number of hydrogen-bond acceptors (Lipinski definition) is 6. The summed E-state index contributed by atoms with van der Waals surface area (Å²) >= 11 is 0. The third-order valence-electron chi connectivity index (χ3n) is 4.71. The van der Waals surface area contributed by atoms with Crippen LogP contribution in [0, 0.1) is 12.3 Å². The van der Waals surface area contributed by atoms with Crippen molar-refractivity contribution in [2.75, 3.05) is 6.61 Å². The van der Waals surface area contributed by atoms with E-state index in [1.54, 1.807) is 31.2 Å². The van der Waals surface area contributed by atoms with Crippen molar-refractivity contribution in [2.45, 2.75) is 33.6 Å². The van der Waals surface area contributed by atoms with Crippen LogP contribution in [0.15, 0.2) is 45.0 Å². The highest BCUT2D eigenvalue weighted by atomic mass is 16.5. The molecular formula is C21H26N6O4. The number of nitrogens with one attached hydrogen (secondary N) is 2. The number of fused-ring (bicyclic) bond motifs is 1. The highest BCUT2D eigenvalue weighted by Crippen LogP contribution is 2.38. The number of para-hydroxylation sites is 1. The first-order valence-corrected chi connectivity index (χ1v) is 9.71. The second-order valence-electron chi connectivity index (χ2n) is 8.05. The number of benzene rings is 1. The van der Waals surface area contributed by atoms with Crippen LogP contribution in [0.25, 0.3) is 0 Å². The van der Waals surface area contributed by atoms with Gasteiger partial charge in [-0.3, -0.25) is 20.4 Å². The molecule has 0 spiro atoms. The van der Waals surface area contributed by atoms with Gasteiger partial charge in [-0.15, -0.1) is 5.10 Å². The molecule has 1 aliphatic carbocycles. The highest BCUT2D eigenvalue weighted by Gasteiger charge is 2.36. The molecule has 0 atom stereocenters. The topological polar surface area (TPSA) is 157 Å². The van der Waals surface area contributed by atoms with Crippen LogP contribution in [-0.2, 0) is 11.2 Å². The number of guanidine groups is 1. The van der Waals surface area contributed by atoms with Crippen LogP contribution < -0.4 is 27.1 Å². The molecule has 0 aliphatic heterocycles. The summed E-state index contributed by atoms with van der Waals surface area (Å²) in [5, 5.41) is 7.92. The van der Waals surface area contributed by atoms with Crippen LogP contribution in [0.3, 0.4) is 0 Å². The van der Waals surface area contributed by atoms with E-state index in [0.717, 1.165) is 0 Å². The second-order valence-corrected chi connectivity index (χ2v) is 8.05. The molecule has 10 heteroatoms. The highest BCUT2D eigenvalue weighted by molar-refractivity contribution is 6.07. The van der Waals surface area contributed by atoms with Crippen LogP contribution in [0.2, 0.25) is 0 Å². The Balaban J connectivity index is 1.70. The van der Waals surface area contributed by atoms with Crippen molar-refractivity contribution in [3.8, 4) is 5.75 Å². The number of amides is 2. The van der Waals surface area contributed by atoms with Gasteiger partial charge in [0.25, 0.3) is 5.91 Å². The van der Waals surface area contributed by atoms with Gasteiger partial charge < -0.3 is 20.6 Å². The summed E-state index contributed by atoms with van der Waals surface area (Å²) in [5.41, 5.74) is 17.3. The molecule has 0 bridgehead atoms. The molecule has 1 aromatic carbocycles. The molecule has 31 heavy (non-hydrogen) atoms. The summed E-state index contributed by atoms with van der Waals surface area (Å²) in [5.74, 6) is 0.0125. The van der Waals surface area contributed by atoms with E-state index in [1.165, 1.54) is 0 Å². The summed E-state index contributed by atoms with van der Waals surface area (Å²) in [4.78, 5) is 24.6. The molecule has 0 fully saturated rings. The van der Waals surface area contributed by atoms with Gasteiger partial charge in [0.2, 0.25) is 5.96 Å². The first kappa shape index (κ1) is 21.9. The normalized spacial score (nSPS) is 15.6. The van der Waals surface area contributed by atoms with Crippen LogP contribution in [-0.4, -0.2) is 30.1 Å². The van der Waals surface area contributed by atoms with Crippen molar-refractivity contribution in [3.05, 3.63) is 53.0 Å². The van der Waals surface area contributed by atoms with Crippen molar-refractivity contribution in [3.63, 3.8) is 0 Å². The number of hydrazine groups is 1. The van der Waals surface area contributed by atoms with E-state index < -0.39 is 11.8 Å². The Morgan fingerprint density at radius 1 is 1.16 bits per heavy atom. The van der Waals surface area contributed by atoms with Crippen LogP contribution in [0.5, 0.6) is 5.75 Å². The summed E-state index contributed by atoms with van der Waals surface area (Å²) in [6.07, 6.45) is 1.24. The van der Waals surface area contributed by atoms with E-state index >= 15 is 0 Å². The van der Waals surface area contributed by atoms with E-state index in [1.807, 2.05) is 6.07 Å². The van der Waals surface area contributed by atoms with Gasteiger partial charge in [0, 0.05) is 17.5 Å². The largest absolute Gasteiger partial charge is 0.484 e. The smallest absolute Gasteiger partial charge is 0.305 e. The lowest BCUT2D eigenvalue weighted by Crippen LogP contribution is -2.43. The van der Waals surface area contributed by atoms with Gasteiger partial charge in [-0.05, 0) is 30.9 Å². The molecule has 6 N–H and O–H groups in total. The first-order valence-electron chi connectivity index (χ1n) is 9.71. The minimum absolute atomic E-state index is 0.0874. The van der Waals surface area contributed by atoms with Gasteiger partial charge in [0.05, 0.1) is 5.71 Å². The average molecular weight is 426 g/mol. The van der Waals surface area contributed by atoms with Crippen molar-refractivity contribution in [1.82, 2.24) is 10.9 Å². The number of rotatable bonds is 5. The van der Waals surface area contributed by atoms with E-state index in [4.69, 9.17) is 20.6 Å². The Morgan fingerprint density at radius 2 is 1.87 bits per heavy atom. The van der Waals surface area contributed by atoms with Crippen molar-refractivity contribution >= 4 is 23.5 Å². The molecule has 2 amide bonds. The van der Waals surface area contributed by atoms with Gasteiger partial charge in [-0.1, -0.05) is 32.0 Å². The predicted molar refractivity (Wildman–Crippen MR) is 115 cm³/mol. The molecule has 2 aromatic rings. The molecule has 1 heterocycles.